The predicted molar refractivity (Wildman–Crippen MR) is 87.2 cm³/mol. The third-order valence-corrected chi connectivity index (χ3v) is 4.76. The van der Waals surface area contributed by atoms with Crippen LogP contribution in [0.15, 0.2) is 0 Å². The topological polar surface area (TPSA) is 24.5 Å². The summed E-state index contributed by atoms with van der Waals surface area (Å²) in [6.07, 6.45) is 3.66. The first-order valence-electron chi connectivity index (χ1n) is 8.65. The minimum Gasteiger partial charge on any atom is -0.380 e. The first-order valence-corrected chi connectivity index (χ1v) is 8.65. The fourth-order valence-electron chi connectivity index (χ4n) is 2.92. The van der Waals surface area contributed by atoms with Gasteiger partial charge in [0.1, 0.15) is 0 Å². The Labute approximate surface area is 126 Å². The van der Waals surface area contributed by atoms with Crippen LogP contribution in [0.4, 0.5) is 0 Å². The van der Waals surface area contributed by atoms with E-state index in [-0.39, 0.29) is 0 Å². The van der Waals surface area contributed by atoms with E-state index < -0.39 is 0 Å². The smallest absolute Gasteiger partial charge is 0.0593 e. The van der Waals surface area contributed by atoms with Crippen molar-refractivity contribution in [3.05, 3.63) is 0 Å². The molecule has 1 rings (SSSR count). The van der Waals surface area contributed by atoms with Gasteiger partial charge >= 0.3 is 0 Å². The molecule has 0 spiro atoms. The summed E-state index contributed by atoms with van der Waals surface area (Å²) in [6.45, 7) is 16.7. The van der Waals surface area contributed by atoms with E-state index in [0.717, 1.165) is 32.2 Å². The largest absolute Gasteiger partial charge is 0.380 e. The molecule has 0 amide bonds. The van der Waals surface area contributed by atoms with Gasteiger partial charge in [-0.15, -0.1) is 0 Å². The number of rotatable bonds is 9. The molecule has 0 bridgehead atoms. The van der Waals surface area contributed by atoms with Crippen molar-refractivity contribution in [2.45, 2.75) is 66.0 Å². The van der Waals surface area contributed by atoms with E-state index in [1.54, 1.807) is 0 Å². The van der Waals surface area contributed by atoms with Gasteiger partial charge in [-0.25, -0.2) is 0 Å². The molecule has 3 unspecified atom stereocenters. The number of unbranched alkanes of at least 4 members (excludes halogenated alkanes) is 1. The van der Waals surface area contributed by atoms with E-state index in [1.807, 2.05) is 0 Å². The van der Waals surface area contributed by atoms with E-state index in [2.05, 4.69) is 44.8 Å². The summed E-state index contributed by atoms with van der Waals surface area (Å²) in [7, 11) is 0. The highest BCUT2D eigenvalue weighted by Gasteiger charge is 2.31. The zero-order valence-electron chi connectivity index (χ0n) is 14.3. The summed E-state index contributed by atoms with van der Waals surface area (Å²) in [5, 5.41) is 3.74. The molecule has 120 valence electrons. The van der Waals surface area contributed by atoms with Crippen LogP contribution in [0, 0.1) is 11.8 Å². The number of nitrogens with zero attached hydrogens (tertiary/aromatic N) is 1. The van der Waals surface area contributed by atoms with Crippen LogP contribution >= 0.6 is 0 Å². The van der Waals surface area contributed by atoms with Crippen molar-refractivity contribution < 1.29 is 4.74 Å². The molecule has 1 aliphatic heterocycles. The SMILES string of the molecule is CCCCOCCN1CC(C(C)C)NCC1C(C)CC. The lowest BCUT2D eigenvalue weighted by molar-refractivity contribution is 0.0394. The molecular formula is C17H36N2O. The Morgan fingerprint density at radius 1 is 1.20 bits per heavy atom. The summed E-state index contributed by atoms with van der Waals surface area (Å²) in [5.41, 5.74) is 0. The molecule has 3 heteroatoms. The minimum absolute atomic E-state index is 0.631. The molecule has 1 heterocycles. The van der Waals surface area contributed by atoms with Crippen molar-refractivity contribution in [2.24, 2.45) is 11.8 Å². The molecule has 20 heavy (non-hydrogen) atoms. The van der Waals surface area contributed by atoms with Crippen molar-refractivity contribution in [1.82, 2.24) is 10.2 Å². The highest BCUT2D eigenvalue weighted by atomic mass is 16.5. The minimum atomic E-state index is 0.631. The molecule has 0 aromatic carbocycles. The Hall–Kier alpha value is -0.120. The predicted octanol–water partition coefficient (Wildman–Crippen LogP) is 3.15. The second-order valence-electron chi connectivity index (χ2n) is 6.67. The number of hydrogen-bond acceptors (Lipinski definition) is 3. The van der Waals surface area contributed by atoms with E-state index in [9.17, 15) is 0 Å². The van der Waals surface area contributed by atoms with Crippen molar-refractivity contribution in [3.63, 3.8) is 0 Å². The van der Waals surface area contributed by atoms with E-state index in [4.69, 9.17) is 4.74 Å². The van der Waals surface area contributed by atoms with Gasteiger partial charge in [0, 0.05) is 38.3 Å². The zero-order valence-corrected chi connectivity index (χ0v) is 14.3. The zero-order chi connectivity index (χ0) is 15.0. The van der Waals surface area contributed by atoms with Crippen molar-refractivity contribution in [3.8, 4) is 0 Å². The highest BCUT2D eigenvalue weighted by Crippen LogP contribution is 2.20. The van der Waals surface area contributed by atoms with Gasteiger partial charge in [0.05, 0.1) is 6.61 Å². The molecule has 3 nitrogen and oxygen atoms in total. The molecule has 1 N–H and O–H groups in total. The van der Waals surface area contributed by atoms with E-state index >= 15 is 0 Å². The molecule has 1 saturated heterocycles. The first-order chi connectivity index (χ1) is 9.60. The lowest BCUT2D eigenvalue weighted by Crippen LogP contribution is -2.60. The molecule has 0 saturated carbocycles. The second-order valence-corrected chi connectivity index (χ2v) is 6.67. The normalized spacial score (nSPS) is 26.1. The molecule has 0 aliphatic carbocycles. The Morgan fingerprint density at radius 3 is 2.55 bits per heavy atom. The monoisotopic (exact) mass is 284 g/mol. The lowest BCUT2D eigenvalue weighted by atomic mass is 9.92. The van der Waals surface area contributed by atoms with E-state index in [0.29, 0.717) is 18.0 Å². The van der Waals surface area contributed by atoms with E-state index in [1.165, 1.54) is 25.8 Å². The maximum atomic E-state index is 5.77. The van der Waals surface area contributed by atoms with Crippen LogP contribution in [-0.4, -0.2) is 49.8 Å². The summed E-state index contributed by atoms with van der Waals surface area (Å²) in [6, 6.07) is 1.30. The van der Waals surface area contributed by atoms with Gasteiger partial charge in [-0.3, -0.25) is 4.90 Å². The van der Waals surface area contributed by atoms with Gasteiger partial charge < -0.3 is 10.1 Å². The number of piperazine rings is 1. The third kappa shape index (κ3) is 5.71. The number of ether oxygens (including phenoxy) is 1. The average molecular weight is 284 g/mol. The fraction of sp³-hybridized carbons (Fsp3) is 1.00. The second kappa shape index (κ2) is 9.75. The van der Waals surface area contributed by atoms with Gasteiger partial charge in [-0.1, -0.05) is 47.5 Å². The summed E-state index contributed by atoms with van der Waals surface area (Å²) in [4.78, 5) is 2.67. The van der Waals surface area contributed by atoms with Gasteiger partial charge in [-0.2, -0.15) is 0 Å². The van der Waals surface area contributed by atoms with Crippen LogP contribution in [0.2, 0.25) is 0 Å². The van der Waals surface area contributed by atoms with Gasteiger partial charge in [-0.05, 0) is 18.3 Å². The molecule has 3 atom stereocenters. The molecule has 0 aromatic rings. The van der Waals surface area contributed by atoms with Crippen LogP contribution in [0.1, 0.15) is 53.9 Å². The van der Waals surface area contributed by atoms with Crippen molar-refractivity contribution in [2.75, 3.05) is 32.8 Å². The number of hydrogen-bond donors (Lipinski definition) is 1. The standard InChI is InChI=1S/C17H36N2O/c1-6-8-10-20-11-9-19-13-16(14(3)4)18-12-17(19)15(5)7-2/h14-18H,6-13H2,1-5H3. The number of nitrogens with one attached hydrogen (secondary N) is 1. The average Bonchev–Trinajstić information content (AvgIpc) is 2.46. The molecule has 1 fully saturated rings. The van der Waals surface area contributed by atoms with Crippen molar-refractivity contribution in [1.29, 1.82) is 0 Å². The Balaban J connectivity index is 2.44. The quantitative estimate of drug-likeness (QED) is 0.658. The molecule has 0 aromatic heterocycles. The van der Waals surface area contributed by atoms with Crippen LogP contribution in [0.3, 0.4) is 0 Å². The summed E-state index contributed by atoms with van der Waals surface area (Å²) >= 11 is 0. The van der Waals surface area contributed by atoms with Crippen molar-refractivity contribution >= 4 is 0 Å². The molecule has 1 aliphatic rings. The Morgan fingerprint density at radius 2 is 1.95 bits per heavy atom. The van der Waals surface area contributed by atoms with Crippen LogP contribution < -0.4 is 5.32 Å². The van der Waals surface area contributed by atoms with Gasteiger partial charge in [0.25, 0.3) is 0 Å². The molecular weight excluding hydrogens is 248 g/mol. The first kappa shape index (κ1) is 17.9. The fourth-order valence-corrected chi connectivity index (χ4v) is 2.92. The van der Waals surface area contributed by atoms with Crippen LogP contribution in [-0.2, 0) is 4.74 Å². The summed E-state index contributed by atoms with van der Waals surface area (Å²) < 4.78 is 5.77. The van der Waals surface area contributed by atoms with Crippen LogP contribution in [0.25, 0.3) is 0 Å². The third-order valence-electron chi connectivity index (χ3n) is 4.76. The highest BCUT2D eigenvalue weighted by molar-refractivity contribution is 4.89. The van der Waals surface area contributed by atoms with Gasteiger partial charge in [0.15, 0.2) is 0 Å². The summed E-state index contributed by atoms with van der Waals surface area (Å²) in [5.74, 6) is 1.46. The Kier molecular flexibility index (Phi) is 8.74. The lowest BCUT2D eigenvalue weighted by Gasteiger charge is -2.44. The Bertz CT molecular complexity index is 245. The van der Waals surface area contributed by atoms with Crippen LogP contribution in [0.5, 0.6) is 0 Å². The molecule has 0 radical (unpaired) electrons. The maximum absolute atomic E-state index is 5.77. The maximum Gasteiger partial charge on any atom is 0.0593 e. The van der Waals surface area contributed by atoms with Gasteiger partial charge in [0.2, 0.25) is 0 Å².